The zero-order chi connectivity index (χ0) is 13.2. The Hall–Kier alpha value is -0.800. The van der Waals surface area contributed by atoms with Gasteiger partial charge in [0.15, 0.2) is 0 Å². The summed E-state index contributed by atoms with van der Waals surface area (Å²) < 4.78 is 2.99. The highest BCUT2D eigenvalue weighted by molar-refractivity contribution is 9.10. The molecule has 4 heteroatoms. The van der Waals surface area contributed by atoms with Crippen LogP contribution in [0.2, 0.25) is 5.15 Å². The molecule has 1 aromatic heterocycles. The van der Waals surface area contributed by atoms with E-state index < -0.39 is 0 Å². The van der Waals surface area contributed by atoms with Crippen molar-refractivity contribution in [1.29, 1.82) is 0 Å². The second kappa shape index (κ2) is 5.68. The molecule has 0 unspecified atom stereocenters. The molecule has 0 N–H and O–H groups in total. The molecule has 1 aromatic carbocycles. The van der Waals surface area contributed by atoms with Gasteiger partial charge in [-0.15, -0.1) is 0 Å². The predicted octanol–water partition coefficient (Wildman–Crippen LogP) is 5.00. The summed E-state index contributed by atoms with van der Waals surface area (Å²) in [7, 11) is 0. The molecule has 0 saturated heterocycles. The molecular formula is C15H16BrClN2. The predicted molar refractivity (Wildman–Crippen MR) is 81.7 cm³/mol. The van der Waals surface area contributed by atoms with Crippen LogP contribution in [0.5, 0.6) is 0 Å². The van der Waals surface area contributed by atoms with Crippen molar-refractivity contribution in [2.75, 3.05) is 0 Å². The normalized spacial score (nSPS) is 16.1. The lowest BCUT2D eigenvalue weighted by molar-refractivity contribution is 0.629. The molecule has 0 bridgehead atoms. The van der Waals surface area contributed by atoms with Crippen molar-refractivity contribution >= 4 is 27.5 Å². The van der Waals surface area contributed by atoms with Crippen molar-refractivity contribution in [2.45, 2.75) is 38.1 Å². The number of nitrogens with zero attached hydrogens (tertiary/aromatic N) is 2. The average molecular weight is 340 g/mol. The van der Waals surface area contributed by atoms with E-state index in [1.165, 1.54) is 31.2 Å². The van der Waals surface area contributed by atoms with Gasteiger partial charge >= 0.3 is 0 Å². The van der Waals surface area contributed by atoms with Crippen LogP contribution in [-0.2, 0) is 6.54 Å². The number of halogens is 2. The van der Waals surface area contributed by atoms with Crippen LogP contribution in [0.25, 0.3) is 0 Å². The topological polar surface area (TPSA) is 17.8 Å². The second-order valence-corrected chi connectivity index (χ2v) is 6.46. The molecule has 2 nitrogen and oxygen atoms in total. The molecule has 1 saturated carbocycles. The Balaban J connectivity index is 1.81. The molecule has 2 aromatic rings. The molecular weight excluding hydrogens is 324 g/mol. The number of hydrogen-bond donors (Lipinski definition) is 0. The number of benzene rings is 1. The van der Waals surface area contributed by atoms with Crippen molar-refractivity contribution in [3.05, 3.63) is 51.2 Å². The zero-order valence-corrected chi connectivity index (χ0v) is 13.0. The molecule has 1 fully saturated rings. The summed E-state index contributed by atoms with van der Waals surface area (Å²) in [4.78, 5) is 0. The van der Waals surface area contributed by atoms with E-state index in [4.69, 9.17) is 11.6 Å². The van der Waals surface area contributed by atoms with Gasteiger partial charge in [0.2, 0.25) is 0 Å². The van der Waals surface area contributed by atoms with Crippen molar-refractivity contribution < 1.29 is 0 Å². The summed E-state index contributed by atoms with van der Waals surface area (Å²) in [5.74, 6) is 0.612. The van der Waals surface area contributed by atoms with Crippen LogP contribution in [0.4, 0.5) is 0 Å². The molecule has 0 atom stereocenters. The smallest absolute Gasteiger partial charge is 0.127 e. The minimum atomic E-state index is 0.612. The minimum Gasteiger partial charge on any atom is -0.249 e. The van der Waals surface area contributed by atoms with Crippen LogP contribution in [0.3, 0.4) is 0 Å². The van der Waals surface area contributed by atoms with E-state index in [1.54, 1.807) is 0 Å². The first-order chi connectivity index (χ1) is 9.22. The van der Waals surface area contributed by atoms with Gasteiger partial charge < -0.3 is 0 Å². The molecule has 0 aliphatic heterocycles. The Morgan fingerprint density at radius 3 is 2.79 bits per heavy atom. The van der Waals surface area contributed by atoms with Crippen molar-refractivity contribution in [2.24, 2.45) is 0 Å². The lowest BCUT2D eigenvalue weighted by Gasteiger charge is -2.05. The third-order valence-corrected chi connectivity index (χ3v) is 4.54. The fourth-order valence-corrected chi connectivity index (χ4v) is 3.41. The first kappa shape index (κ1) is 13.2. The van der Waals surface area contributed by atoms with Gasteiger partial charge in [0.1, 0.15) is 5.15 Å². The SMILES string of the molecule is Clc1cc(C2CCCC2)nn1Cc1cccc(Br)c1. The van der Waals surface area contributed by atoms with Crippen molar-refractivity contribution in [1.82, 2.24) is 9.78 Å². The largest absolute Gasteiger partial charge is 0.249 e. The lowest BCUT2D eigenvalue weighted by Crippen LogP contribution is -2.03. The first-order valence-corrected chi connectivity index (χ1v) is 7.87. The summed E-state index contributed by atoms with van der Waals surface area (Å²) in [6.07, 6.45) is 5.15. The standard InChI is InChI=1S/C15H16BrClN2/c16-13-7-3-4-11(8-13)10-19-15(17)9-14(18-19)12-5-1-2-6-12/h3-4,7-9,12H,1-2,5-6,10H2. The van der Waals surface area contributed by atoms with E-state index >= 15 is 0 Å². The highest BCUT2D eigenvalue weighted by atomic mass is 79.9. The van der Waals surface area contributed by atoms with Crippen LogP contribution < -0.4 is 0 Å². The summed E-state index contributed by atoms with van der Waals surface area (Å²) in [5.41, 5.74) is 2.37. The Labute approximate surface area is 126 Å². The van der Waals surface area contributed by atoms with Crippen LogP contribution in [0.15, 0.2) is 34.8 Å². The molecule has 1 heterocycles. The molecule has 3 rings (SSSR count). The quantitative estimate of drug-likeness (QED) is 0.769. The molecule has 1 aliphatic carbocycles. The van der Waals surface area contributed by atoms with E-state index in [1.807, 2.05) is 22.9 Å². The maximum absolute atomic E-state index is 6.30. The molecule has 19 heavy (non-hydrogen) atoms. The van der Waals surface area contributed by atoms with Gasteiger partial charge in [0, 0.05) is 10.4 Å². The number of aromatic nitrogens is 2. The third kappa shape index (κ3) is 3.03. The van der Waals surface area contributed by atoms with E-state index in [0.29, 0.717) is 5.92 Å². The molecule has 0 spiro atoms. The van der Waals surface area contributed by atoms with Gasteiger partial charge in [0.25, 0.3) is 0 Å². The van der Waals surface area contributed by atoms with Gasteiger partial charge in [-0.2, -0.15) is 5.10 Å². The van der Waals surface area contributed by atoms with Crippen LogP contribution in [-0.4, -0.2) is 9.78 Å². The highest BCUT2D eigenvalue weighted by Crippen LogP contribution is 2.34. The minimum absolute atomic E-state index is 0.612. The zero-order valence-electron chi connectivity index (χ0n) is 10.6. The van der Waals surface area contributed by atoms with Crippen molar-refractivity contribution in [3.8, 4) is 0 Å². The van der Waals surface area contributed by atoms with Gasteiger partial charge in [-0.05, 0) is 36.6 Å². The van der Waals surface area contributed by atoms with Crippen molar-refractivity contribution in [3.63, 3.8) is 0 Å². The van der Waals surface area contributed by atoms with E-state index in [0.717, 1.165) is 21.9 Å². The summed E-state index contributed by atoms with van der Waals surface area (Å²) in [5, 5.41) is 5.42. The summed E-state index contributed by atoms with van der Waals surface area (Å²) in [6.45, 7) is 0.727. The van der Waals surface area contributed by atoms with Gasteiger partial charge in [-0.25, -0.2) is 4.68 Å². The number of rotatable bonds is 3. The monoisotopic (exact) mass is 338 g/mol. The first-order valence-electron chi connectivity index (χ1n) is 6.70. The molecule has 100 valence electrons. The Morgan fingerprint density at radius 2 is 2.05 bits per heavy atom. The second-order valence-electron chi connectivity index (χ2n) is 5.16. The van der Waals surface area contributed by atoms with Crippen LogP contribution >= 0.6 is 27.5 Å². The third-order valence-electron chi connectivity index (χ3n) is 3.74. The van der Waals surface area contributed by atoms with Crippen LogP contribution in [0.1, 0.15) is 42.9 Å². The van der Waals surface area contributed by atoms with Gasteiger partial charge in [-0.1, -0.05) is 52.5 Å². The number of hydrogen-bond acceptors (Lipinski definition) is 1. The van der Waals surface area contributed by atoms with Gasteiger partial charge in [-0.3, -0.25) is 0 Å². The maximum Gasteiger partial charge on any atom is 0.127 e. The Kier molecular flexibility index (Phi) is 3.94. The van der Waals surface area contributed by atoms with E-state index in [2.05, 4.69) is 33.2 Å². The summed E-state index contributed by atoms with van der Waals surface area (Å²) in [6, 6.07) is 10.3. The average Bonchev–Trinajstić information content (AvgIpc) is 3.00. The van der Waals surface area contributed by atoms with E-state index in [-0.39, 0.29) is 0 Å². The lowest BCUT2D eigenvalue weighted by atomic mass is 10.1. The molecule has 1 aliphatic rings. The highest BCUT2D eigenvalue weighted by Gasteiger charge is 2.20. The molecule has 0 radical (unpaired) electrons. The Bertz CT molecular complexity index is 573. The molecule has 0 amide bonds. The fourth-order valence-electron chi connectivity index (χ4n) is 2.75. The van der Waals surface area contributed by atoms with Gasteiger partial charge in [0.05, 0.1) is 12.2 Å². The Morgan fingerprint density at radius 1 is 1.26 bits per heavy atom. The van der Waals surface area contributed by atoms with Crippen LogP contribution in [0, 0.1) is 0 Å². The maximum atomic E-state index is 6.30. The summed E-state index contributed by atoms with van der Waals surface area (Å²) >= 11 is 9.79. The van der Waals surface area contributed by atoms with E-state index in [9.17, 15) is 0 Å². The fraction of sp³-hybridized carbons (Fsp3) is 0.400.